The molecule has 0 radical (unpaired) electrons. The fourth-order valence-electron chi connectivity index (χ4n) is 1.87. The maximum Gasteiger partial charge on any atom is 0.329 e. The van der Waals surface area contributed by atoms with Crippen LogP contribution in [0.4, 0.5) is 5.69 Å². The van der Waals surface area contributed by atoms with E-state index in [2.05, 4.69) is 10.5 Å². The second kappa shape index (κ2) is 8.21. The number of carbonyl (C=O) groups is 1. The van der Waals surface area contributed by atoms with Crippen LogP contribution < -0.4 is 15.0 Å². The molecule has 0 bridgehead atoms. The average Bonchev–Trinajstić information content (AvgIpc) is 2.59. The Kier molecular flexibility index (Phi) is 6.03. The zero-order valence-electron chi connectivity index (χ0n) is 13.5. The third-order valence-corrected chi connectivity index (χ3v) is 3.28. The monoisotopic (exact) mass is 348 g/mol. The van der Waals surface area contributed by atoms with Gasteiger partial charge in [0.15, 0.2) is 5.84 Å². The molecule has 0 amide bonds. The highest BCUT2D eigenvalue weighted by Gasteiger charge is 2.10. The lowest BCUT2D eigenvalue weighted by Gasteiger charge is -2.11. The van der Waals surface area contributed by atoms with Gasteiger partial charge in [0, 0.05) is 23.6 Å². The Hall–Kier alpha value is -2.73. The number of benzene rings is 2. The predicted octanol–water partition coefficient (Wildman–Crippen LogP) is 3.50. The van der Waals surface area contributed by atoms with E-state index in [9.17, 15) is 4.79 Å². The first-order valence-corrected chi connectivity index (χ1v) is 7.41. The molecule has 0 unspecified atom stereocenters. The zero-order chi connectivity index (χ0) is 17.5. The molecule has 2 aromatic carbocycles. The average molecular weight is 349 g/mol. The summed E-state index contributed by atoms with van der Waals surface area (Å²) in [7, 11) is 3.11. The van der Waals surface area contributed by atoms with Gasteiger partial charge in [0.25, 0.3) is 0 Å². The number of carbonyl (C=O) groups excluding carboxylic acids is 1. The Morgan fingerprint density at radius 1 is 1.08 bits per heavy atom. The number of hydroxylamine groups is 1. The molecule has 2 rings (SSSR count). The molecule has 126 valence electrons. The van der Waals surface area contributed by atoms with Gasteiger partial charge in [0.2, 0.25) is 0 Å². The Labute approximate surface area is 145 Å². The summed E-state index contributed by atoms with van der Waals surface area (Å²) >= 11 is 5.91. The standard InChI is InChI=1S/C17H17ClN2O4/c1-11(21)24-20-17(12-4-6-13(18)7-5-12)19-15-9-8-14(22-2)10-16(15)23-3/h4-10H,1-3H3,(H,19,20). The van der Waals surface area contributed by atoms with Crippen LogP contribution in [-0.4, -0.2) is 26.0 Å². The van der Waals surface area contributed by atoms with Crippen LogP contribution in [0.25, 0.3) is 0 Å². The normalized spacial score (nSPS) is 10.9. The third kappa shape index (κ3) is 4.63. The summed E-state index contributed by atoms with van der Waals surface area (Å²) < 4.78 is 10.5. The van der Waals surface area contributed by atoms with Gasteiger partial charge in [-0.05, 0) is 36.4 Å². The topological polar surface area (TPSA) is 69.1 Å². The van der Waals surface area contributed by atoms with Crippen molar-refractivity contribution < 1.29 is 19.1 Å². The van der Waals surface area contributed by atoms with Gasteiger partial charge in [-0.1, -0.05) is 11.6 Å². The van der Waals surface area contributed by atoms with Crippen LogP contribution in [0.3, 0.4) is 0 Å². The van der Waals surface area contributed by atoms with Gasteiger partial charge in [0.1, 0.15) is 17.2 Å². The zero-order valence-corrected chi connectivity index (χ0v) is 14.3. The molecule has 0 aliphatic heterocycles. The number of hydrogen-bond donors (Lipinski definition) is 1. The molecule has 7 heteroatoms. The van der Waals surface area contributed by atoms with Crippen molar-refractivity contribution in [2.75, 3.05) is 14.2 Å². The summed E-state index contributed by atoms with van der Waals surface area (Å²) in [4.78, 5) is 20.4. The highest BCUT2D eigenvalue weighted by atomic mass is 35.5. The van der Waals surface area contributed by atoms with Crippen LogP contribution in [0.2, 0.25) is 5.02 Å². The van der Waals surface area contributed by atoms with Crippen molar-refractivity contribution in [2.45, 2.75) is 6.92 Å². The van der Waals surface area contributed by atoms with E-state index in [-0.39, 0.29) is 0 Å². The number of methoxy groups -OCH3 is 2. The molecule has 0 atom stereocenters. The molecule has 0 aliphatic rings. The fourth-order valence-corrected chi connectivity index (χ4v) is 2.00. The van der Waals surface area contributed by atoms with Gasteiger partial charge in [-0.25, -0.2) is 4.99 Å². The predicted molar refractivity (Wildman–Crippen MR) is 92.1 cm³/mol. The molecular weight excluding hydrogens is 332 g/mol. The molecule has 0 aliphatic carbocycles. The summed E-state index contributed by atoms with van der Waals surface area (Å²) in [5, 5.41) is 0.590. The van der Waals surface area contributed by atoms with Gasteiger partial charge in [-0.2, -0.15) is 5.48 Å². The summed E-state index contributed by atoms with van der Waals surface area (Å²) in [6.07, 6.45) is 0. The molecule has 24 heavy (non-hydrogen) atoms. The molecule has 0 spiro atoms. The van der Waals surface area contributed by atoms with Crippen molar-refractivity contribution in [3.63, 3.8) is 0 Å². The first kappa shape index (κ1) is 17.6. The molecule has 0 saturated carbocycles. The van der Waals surface area contributed by atoms with E-state index in [4.69, 9.17) is 25.9 Å². The van der Waals surface area contributed by atoms with E-state index in [0.717, 1.165) is 0 Å². The van der Waals surface area contributed by atoms with Crippen LogP contribution in [-0.2, 0) is 9.63 Å². The number of ether oxygens (including phenoxy) is 2. The van der Waals surface area contributed by atoms with Gasteiger partial charge in [-0.15, -0.1) is 0 Å². The van der Waals surface area contributed by atoms with Gasteiger partial charge in [-0.3, -0.25) is 4.79 Å². The van der Waals surface area contributed by atoms with Crippen LogP contribution >= 0.6 is 11.6 Å². The van der Waals surface area contributed by atoms with Crippen molar-refractivity contribution in [1.82, 2.24) is 5.48 Å². The second-order valence-corrected chi connectivity index (χ2v) is 5.14. The van der Waals surface area contributed by atoms with Crippen molar-refractivity contribution in [3.05, 3.63) is 53.1 Å². The molecule has 1 N–H and O–H groups in total. The maximum absolute atomic E-state index is 11.1. The number of nitrogens with one attached hydrogen (secondary N) is 1. The maximum atomic E-state index is 11.1. The lowest BCUT2D eigenvalue weighted by Crippen LogP contribution is -2.26. The van der Waals surface area contributed by atoms with Gasteiger partial charge < -0.3 is 14.3 Å². The van der Waals surface area contributed by atoms with Crippen molar-refractivity contribution in [3.8, 4) is 11.5 Å². The minimum absolute atomic E-state index is 0.338. The number of amidine groups is 1. The van der Waals surface area contributed by atoms with E-state index in [0.29, 0.717) is 33.6 Å². The largest absolute Gasteiger partial charge is 0.497 e. The molecule has 0 aromatic heterocycles. The Balaban J connectivity index is 2.43. The smallest absolute Gasteiger partial charge is 0.329 e. The number of aliphatic imine (C=N–C) groups is 1. The van der Waals surface area contributed by atoms with Crippen LogP contribution in [0.15, 0.2) is 47.5 Å². The minimum atomic E-state index is -0.488. The SMILES string of the molecule is COc1ccc(N=C(NOC(C)=O)c2ccc(Cl)cc2)c(OC)c1. The van der Waals surface area contributed by atoms with Crippen LogP contribution in [0, 0.1) is 0 Å². The number of rotatable bonds is 4. The number of nitrogens with zero attached hydrogens (tertiary/aromatic N) is 1. The molecule has 0 saturated heterocycles. The third-order valence-electron chi connectivity index (χ3n) is 3.03. The van der Waals surface area contributed by atoms with Crippen molar-refractivity contribution in [2.24, 2.45) is 4.99 Å². The molecule has 6 nitrogen and oxygen atoms in total. The summed E-state index contributed by atoms with van der Waals surface area (Å²) in [5.41, 5.74) is 3.79. The Morgan fingerprint density at radius 3 is 2.38 bits per heavy atom. The molecular formula is C17H17ClN2O4. The van der Waals surface area contributed by atoms with E-state index in [1.54, 1.807) is 49.6 Å². The van der Waals surface area contributed by atoms with Crippen molar-refractivity contribution >= 4 is 29.1 Å². The highest BCUT2D eigenvalue weighted by molar-refractivity contribution is 6.30. The van der Waals surface area contributed by atoms with Gasteiger partial charge >= 0.3 is 5.97 Å². The number of hydrogen-bond acceptors (Lipinski definition) is 5. The molecule has 0 heterocycles. The van der Waals surface area contributed by atoms with Gasteiger partial charge in [0.05, 0.1) is 14.2 Å². The summed E-state index contributed by atoms with van der Waals surface area (Å²) in [6.45, 7) is 1.29. The van der Waals surface area contributed by atoms with E-state index < -0.39 is 5.97 Å². The minimum Gasteiger partial charge on any atom is -0.497 e. The quantitative estimate of drug-likeness (QED) is 0.520. The van der Waals surface area contributed by atoms with E-state index in [1.165, 1.54) is 14.0 Å². The van der Waals surface area contributed by atoms with E-state index in [1.807, 2.05) is 0 Å². The van der Waals surface area contributed by atoms with Crippen LogP contribution in [0.5, 0.6) is 11.5 Å². The summed E-state index contributed by atoms with van der Waals surface area (Å²) in [6, 6.07) is 12.2. The highest BCUT2D eigenvalue weighted by Crippen LogP contribution is 2.31. The summed E-state index contributed by atoms with van der Waals surface area (Å²) in [5.74, 6) is 1.01. The van der Waals surface area contributed by atoms with E-state index >= 15 is 0 Å². The molecule has 0 fully saturated rings. The first-order valence-electron chi connectivity index (χ1n) is 7.03. The van der Waals surface area contributed by atoms with Crippen LogP contribution in [0.1, 0.15) is 12.5 Å². The number of halogens is 1. The second-order valence-electron chi connectivity index (χ2n) is 4.70. The molecule has 2 aromatic rings. The lowest BCUT2D eigenvalue weighted by molar-refractivity contribution is -0.145. The van der Waals surface area contributed by atoms with Crippen molar-refractivity contribution in [1.29, 1.82) is 0 Å². The Morgan fingerprint density at radius 2 is 1.79 bits per heavy atom. The lowest BCUT2D eigenvalue weighted by atomic mass is 10.2. The first-order chi connectivity index (χ1) is 11.5. The fraction of sp³-hybridized carbons (Fsp3) is 0.176. The Bertz CT molecular complexity index is 745.